The third kappa shape index (κ3) is 4.37. The molecule has 7 aromatic carbocycles. The maximum Gasteiger partial charge on any atom is 0.159 e. The maximum atomic E-state index is 14.7. The van der Waals surface area contributed by atoms with Gasteiger partial charge < -0.3 is 0 Å². The molecule has 5 heteroatoms. The van der Waals surface area contributed by atoms with Crippen molar-refractivity contribution < 1.29 is 8.78 Å². The molecule has 3 heterocycles. The number of rotatable bonds is 3. The molecule has 234 valence electrons. The zero-order valence-electron chi connectivity index (χ0n) is 26.5. The Hall–Kier alpha value is -6.59. The van der Waals surface area contributed by atoms with Crippen LogP contribution in [-0.4, -0.2) is 15.0 Å². The summed E-state index contributed by atoms with van der Waals surface area (Å²) in [4.78, 5) is 14.8. The Kier molecular flexibility index (Phi) is 6.24. The Balaban J connectivity index is 1.16. The van der Waals surface area contributed by atoms with Crippen LogP contribution in [0.5, 0.6) is 0 Å². The fourth-order valence-electron chi connectivity index (χ4n) is 7.43. The summed E-state index contributed by atoms with van der Waals surface area (Å²) < 4.78 is 28.9. The highest BCUT2D eigenvalue weighted by atomic mass is 19.2. The van der Waals surface area contributed by atoms with Gasteiger partial charge in [0.2, 0.25) is 0 Å². The molecule has 10 aromatic rings. The van der Waals surface area contributed by atoms with Crippen molar-refractivity contribution in [1.29, 1.82) is 0 Å². The second kappa shape index (κ2) is 11.0. The van der Waals surface area contributed by atoms with E-state index < -0.39 is 11.6 Å². The van der Waals surface area contributed by atoms with Gasteiger partial charge >= 0.3 is 0 Å². The Morgan fingerprint density at radius 3 is 1.80 bits per heavy atom. The summed E-state index contributed by atoms with van der Waals surface area (Å²) >= 11 is 0. The Bertz CT molecular complexity index is 3010. The van der Waals surface area contributed by atoms with Crippen LogP contribution in [0.25, 0.3) is 98.7 Å². The van der Waals surface area contributed by atoms with E-state index in [1.807, 2.05) is 30.3 Å². The van der Waals surface area contributed by atoms with Crippen molar-refractivity contribution >= 4 is 65.0 Å². The molecule has 0 amide bonds. The second-order valence-electron chi connectivity index (χ2n) is 12.6. The van der Waals surface area contributed by atoms with Crippen LogP contribution in [0.15, 0.2) is 152 Å². The fraction of sp³-hybridized carbons (Fsp3) is 0. The third-order valence-corrected chi connectivity index (χ3v) is 9.81. The van der Waals surface area contributed by atoms with Gasteiger partial charge in [0.25, 0.3) is 0 Å². The van der Waals surface area contributed by atoms with Crippen LogP contribution in [0.1, 0.15) is 0 Å². The average Bonchev–Trinajstić information content (AvgIpc) is 3.18. The Morgan fingerprint density at radius 1 is 0.400 bits per heavy atom. The molecule has 0 spiro atoms. The molecular weight excluding hydrogens is 621 g/mol. The molecule has 0 bridgehead atoms. The van der Waals surface area contributed by atoms with Gasteiger partial charge in [-0.1, -0.05) is 109 Å². The summed E-state index contributed by atoms with van der Waals surface area (Å²) in [5.41, 5.74) is 7.61. The lowest BCUT2D eigenvalue weighted by atomic mass is 9.89. The van der Waals surface area contributed by atoms with Crippen LogP contribution in [0, 0.1) is 11.6 Å². The SMILES string of the molecule is Fc1ccc(-c2nc3cc(-c4ccc(-c5ccc6ccc7cccnc7c6n5)cc4)ccc3c3c4ccccc4c4ccccc4c23)cc1F. The van der Waals surface area contributed by atoms with Gasteiger partial charge in [0.15, 0.2) is 11.6 Å². The first-order valence-electron chi connectivity index (χ1n) is 16.5. The average molecular weight is 646 g/mol. The minimum Gasteiger partial charge on any atom is -0.254 e. The summed E-state index contributed by atoms with van der Waals surface area (Å²) in [7, 11) is 0. The Morgan fingerprint density at radius 2 is 1.04 bits per heavy atom. The number of benzene rings is 7. The number of halogens is 2. The molecule has 0 atom stereocenters. The summed E-state index contributed by atoms with van der Waals surface area (Å²) in [6, 6.07) is 47.6. The maximum absolute atomic E-state index is 14.7. The van der Waals surface area contributed by atoms with Gasteiger partial charge in [0, 0.05) is 44.3 Å². The molecule has 50 heavy (non-hydrogen) atoms. The van der Waals surface area contributed by atoms with Crippen LogP contribution >= 0.6 is 0 Å². The van der Waals surface area contributed by atoms with Gasteiger partial charge in [-0.15, -0.1) is 0 Å². The smallest absolute Gasteiger partial charge is 0.159 e. The van der Waals surface area contributed by atoms with Crippen LogP contribution < -0.4 is 0 Å². The predicted molar refractivity (Wildman–Crippen MR) is 201 cm³/mol. The molecule has 3 nitrogen and oxygen atoms in total. The van der Waals surface area contributed by atoms with E-state index in [-0.39, 0.29) is 0 Å². The molecule has 0 aliphatic carbocycles. The van der Waals surface area contributed by atoms with E-state index >= 15 is 0 Å². The third-order valence-electron chi connectivity index (χ3n) is 9.81. The van der Waals surface area contributed by atoms with Gasteiger partial charge in [-0.05, 0) is 69.1 Å². The monoisotopic (exact) mass is 645 g/mol. The first-order valence-corrected chi connectivity index (χ1v) is 16.5. The summed E-state index contributed by atoms with van der Waals surface area (Å²) in [6.45, 7) is 0. The molecule has 0 N–H and O–H groups in total. The van der Waals surface area contributed by atoms with Crippen molar-refractivity contribution in [2.75, 3.05) is 0 Å². The summed E-state index contributed by atoms with van der Waals surface area (Å²) in [5, 5.41) is 9.38. The molecule has 0 fully saturated rings. The van der Waals surface area contributed by atoms with Crippen LogP contribution in [0.4, 0.5) is 8.78 Å². The molecule has 3 aromatic heterocycles. The lowest BCUT2D eigenvalue weighted by Gasteiger charge is -2.17. The normalized spacial score (nSPS) is 11.8. The fourth-order valence-corrected chi connectivity index (χ4v) is 7.43. The minimum absolute atomic E-state index is 0.525. The van der Waals surface area contributed by atoms with Crippen molar-refractivity contribution in [2.24, 2.45) is 0 Å². The standard InChI is InChI=1S/C45H25F2N3/c46-37-21-18-31(24-38(37)47)43-42-35-10-4-2-8-33(35)32-7-1-3-9-34(32)41(42)36-20-17-30(25-40(36)50-43)26-11-13-27(14-12-26)39-22-19-29-16-15-28-6-5-23-48-44(28)45(29)49-39/h1-25H. The van der Waals surface area contributed by atoms with Crippen molar-refractivity contribution in [3.63, 3.8) is 0 Å². The second-order valence-corrected chi connectivity index (χ2v) is 12.6. The number of nitrogens with zero attached hydrogens (tertiary/aromatic N) is 3. The topological polar surface area (TPSA) is 38.7 Å². The van der Waals surface area contributed by atoms with E-state index in [2.05, 4.69) is 102 Å². The predicted octanol–water partition coefficient (Wildman–Crippen LogP) is 12.1. The molecule has 0 radical (unpaired) electrons. The number of hydrogen-bond donors (Lipinski definition) is 0. The highest BCUT2D eigenvalue weighted by Gasteiger charge is 2.19. The van der Waals surface area contributed by atoms with Gasteiger partial charge in [0.1, 0.15) is 0 Å². The van der Waals surface area contributed by atoms with Crippen molar-refractivity contribution in [1.82, 2.24) is 15.0 Å². The number of fused-ring (bicyclic) bond motifs is 11. The minimum atomic E-state index is -0.901. The van der Waals surface area contributed by atoms with E-state index in [9.17, 15) is 8.78 Å². The number of aromatic nitrogens is 3. The zero-order chi connectivity index (χ0) is 33.3. The van der Waals surface area contributed by atoms with E-state index in [4.69, 9.17) is 9.97 Å². The van der Waals surface area contributed by atoms with Gasteiger partial charge in [-0.2, -0.15) is 0 Å². The van der Waals surface area contributed by atoms with Gasteiger partial charge in [-0.3, -0.25) is 4.98 Å². The molecule has 0 aliphatic heterocycles. The molecule has 0 saturated carbocycles. The molecular formula is C45H25F2N3. The highest BCUT2D eigenvalue weighted by molar-refractivity contribution is 6.33. The molecule has 0 saturated heterocycles. The van der Waals surface area contributed by atoms with Crippen LogP contribution in [0.3, 0.4) is 0 Å². The molecule has 0 aliphatic rings. The highest BCUT2D eigenvalue weighted by Crippen LogP contribution is 2.43. The van der Waals surface area contributed by atoms with Gasteiger partial charge in [0.05, 0.1) is 27.9 Å². The summed E-state index contributed by atoms with van der Waals surface area (Å²) in [5.74, 6) is -1.79. The van der Waals surface area contributed by atoms with E-state index in [1.165, 1.54) is 12.1 Å². The van der Waals surface area contributed by atoms with E-state index in [0.717, 1.165) is 87.4 Å². The van der Waals surface area contributed by atoms with Crippen molar-refractivity contribution in [3.05, 3.63) is 163 Å². The molecule has 0 unspecified atom stereocenters. The van der Waals surface area contributed by atoms with E-state index in [1.54, 1.807) is 12.3 Å². The van der Waals surface area contributed by atoms with Gasteiger partial charge in [-0.25, -0.2) is 18.7 Å². The van der Waals surface area contributed by atoms with Crippen LogP contribution in [0.2, 0.25) is 0 Å². The van der Waals surface area contributed by atoms with E-state index in [0.29, 0.717) is 11.3 Å². The molecule has 10 rings (SSSR count). The first kappa shape index (κ1) is 28.4. The van der Waals surface area contributed by atoms with Crippen LogP contribution in [-0.2, 0) is 0 Å². The Labute approximate surface area is 285 Å². The lowest BCUT2D eigenvalue weighted by molar-refractivity contribution is 0.509. The lowest BCUT2D eigenvalue weighted by Crippen LogP contribution is -1.95. The quantitative estimate of drug-likeness (QED) is 0.180. The zero-order valence-corrected chi connectivity index (χ0v) is 26.5. The first-order chi connectivity index (χ1) is 24.6. The number of pyridine rings is 3. The largest absolute Gasteiger partial charge is 0.254 e. The van der Waals surface area contributed by atoms with Crippen molar-refractivity contribution in [2.45, 2.75) is 0 Å². The summed E-state index contributed by atoms with van der Waals surface area (Å²) in [6.07, 6.45) is 1.80. The number of hydrogen-bond acceptors (Lipinski definition) is 3. The van der Waals surface area contributed by atoms with Crippen molar-refractivity contribution in [3.8, 4) is 33.6 Å².